The van der Waals surface area contributed by atoms with E-state index in [0.717, 1.165) is 6.26 Å². The highest BCUT2D eigenvalue weighted by molar-refractivity contribution is 7.92. The van der Waals surface area contributed by atoms with Gasteiger partial charge in [0.25, 0.3) is 0 Å². The number of hydrogen-bond acceptors (Lipinski definition) is 3. The van der Waals surface area contributed by atoms with Crippen LogP contribution in [0.4, 0.5) is 11.4 Å². The number of amides is 1. The Hall–Kier alpha value is -1.27. The van der Waals surface area contributed by atoms with E-state index in [0.29, 0.717) is 11.4 Å². The van der Waals surface area contributed by atoms with Crippen LogP contribution in [0.3, 0.4) is 0 Å². The van der Waals surface area contributed by atoms with Gasteiger partial charge in [0.15, 0.2) is 0 Å². The van der Waals surface area contributed by atoms with Gasteiger partial charge in [-0.05, 0) is 25.1 Å². The zero-order chi connectivity index (χ0) is 13.1. The van der Waals surface area contributed by atoms with Crippen LogP contribution in [0.1, 0.15) is 6.92 Å². The largest absolute Gasteiger partial charge is 0.325 e. The SMILES string of the molecule is CC(Cl)C(=O)Nc1cccc(NS(C)(=O)=O)c1. The van der Waals surface area contributed by atoms with Gasteiger partial charge in [-0.15, -0.1) is 11.6 Å². The van der Waals surface area contributed by atoms with Crippen molar-refractivity contribution in [2.24, 2.45) is 0 Å². The van der Waals surface area contributed by atoms with Gasteiger partial charge in [-0.1, -0.05) is 6.07 Å². The van der Waals surface area contributed by atoms with Crippen LogP contribution in [0.5, 0.6) is 0 Å². The molecule has 1 rings (SSSR count). The molecule has 2 N–H and O–H groups in total. The second kappa shape index (κ2) is 5.37. The van der Waals surface area contributed by atoms with Crippen molar-refractivity contribution in [3.63, 3.8) is 0 Å². The third-order valence-electron chi connectivity index (χ3n) is 1.79. The van der Waals surface area contributed by atoms with Crippen LogP contribution in [0.25, 0.3) is 0 Å². The second-order valence-electron chi connectivity index (χ2n) is 3.56. The second-order valence-corrected chi connectivity index (χ2v) is 5.96. The number of carbonyl (C=O) groups is 1. The first-order valence-corrected chi connectivity index (χ1v) is 7.13. The van der Waals surface area contributed by atoms with E-state index in [4.69, 9.17) is 11.6 Å². The summed E-state index contributed by atoms with van der Waals surface area (Å²) in [7, 11) is -3.33. The molecular formula is C10H13ClN2O3S. The summed E-state index contributed by atoms with van der Waals surface area (Å²) >= 11 is 5.60. The Morgan fingerprint density at radius 1 is 1.35 bits per heavy atom. The quantitative estimate of drug-likeness (QED) is 0.821. The first-order valence-electron chi connectivity index (χ1n) is 4.81. The summed E-state index contributed by atoms with van der Waals surface area (Å²) in [4.78, 5) is 11.3. The fraction of sp³-hybridized carbons (Fsp3) is 0.300. The summed E-state index contributed by atoms with van der Waals surface area (Å²) in [6, 6.07) is 6.37. The van der Waals surface area contributed by atoms with Gasteiger partial charge < -0.3 is 5.32 Å². The fourth-order valence-corrected chi connectivity index (χ4v) is 1.73. The van der Waals surface area contributed by atoms with E-state index < -0.39 is 15.4 Å². The molecule has 1 amide bonds. The summed E-state index contributed by atoms with van der Waals surface area (Å²) in [5, 5.41) is 1.91. The third-order valence-corrected chi connectivity index (χ3v) is 2.60. The van der Waals surface area contributed by atoms with Gasteiger partial charge in [0, 0.05) is 5.69 Å². The van der Waals surface area contributed by atoms with Gasteiger partial charge in [-0.25, -0.2) is 8.42 Å². The zero-order valence-corrected chi connectivity index (χ0v) is 11.0. The van der Waals surface area contributed by atoms with Gasteiger partial charge in [-0.3, -0.25) is 9.52 Å². The molecule has 1 aromatic carbocycles. The summed E-state index contributed by atoms with van der Waals surface area (Å²) in [5.41, 5.74) is 0.865. The lowest BCUT2D eigenvalue weighted by Gasteiger charge is -2.09. The van der Waals surface area contributed by atoms with Gasteiger partial charge >= 0.3 is 0 Å². The Morgan fingerprint density at radius 2 is 1.94 bits per heavy atom. The molecule has 0 aliphatic heterocycles. The summed E-state index contributed by atoms with van der Waals surface area (Å²) < 4.78 is 24.4. The molecule has 17 heavy (non-hydrogen) atoms. The highest BCUT2D eigenvalue weighted by Crippen LogP contribution is 2.16. The number of alkyl halides is 1. The average Bonchev–Trinajstić information content (AvgIpc) is 2.15. The van der Waals surface area contributed by atoms with Crippen LogP contribution in [-0.4, -0.2) is 26.0 Å². The van der Waals surface area contributed by atoms with Crippen molar-refractivity contribution >= 4 is 38.9 Å². The fourth-order valence-electron chi connectivity index (χ4n) is 1.12. The van der Waals surface area contributed by atoms with Crippen molar-refractivity contribution in [2.75, 3.05) is 16.3 Å². The van der Waals surface area contributed by atoms with Crippen molar-refractivity contribution < 1.29 is 13.2 Å². The van der Waals surface area contributed by atoms with Gasteiger partial charge in [0.2, 0.25) is 15.9 Å². The monoisotopic (exact) mass is 276 g/mol. The number of anilines is 2. The molecule has 1 atom stereocenters. The third kappa shape index (κ3) is 5.06. The number of nitrogens with one attached hydrogen (secondary N) is 2. The molecule has 94 valence electrons. The Labute approximate surface area is 105 Å². The Morgan fingerprint density at radius 3 is 2.47 bits per heavy atom. The number of carbonyl (C=O) groups excluding carboxylic acids is 1. The molecule has 5 nitrogen and oxygen atoms in total. The van der Waals surface area contributed by atoms with Crippen LogP contribution in [0, 0.1) is 0 Å². The molecule has 0 fully saturated rings. The molecule has 0 spiro atoms. The molecule has 0 aromatic heterocycles. The maximum Gasteiger partial charge on any atom is 0.242 e. The maximum atomic E-state index is 11.3. The molecular weight excluding hydrogens is 264 g/mol. The zero-order valence-electron chi connectivity index (χ0n) is 9.40. The molecule has 7 heteroatoms. The van der Waals surface area contributed by atoms with Crippen molar-refractivity contribution in [1.82, 2.24) is 0 Å². The minimum absolute atomic E-state index is 0.344. The lowest BCUT2D eigenvalue weighted by molar-refractivity contribution is -0.115. The number of sulfonamides is 1. The summed E-state index contributed by atoms with van der Waals surface area (Å²) in [5.74, 6) is -0.344. The topological polar surface area (TPSA) is 75.3 Å². The van der Waals surface area contributed by atoms with Crippen molar-refractivity contribution in [3.05, 3.63) is 24.3 Å². The smallest absolute Gasteiger partial charge is 0.242 e. The van der Waals surface area contributed by atoms with E-state index in [-0.39, 0.29) is 5.91 Å². The number of halogens is 1. The van der Waals surface area contributed by atoms with E-state index in [2.05, 4.69) is 10.0 Å². The standard InChI is InChI=1S/C10H13ClN2O3S/c1-7(11)10(14)12-8-4-3-5-9(6-8)13-17(2,15)16/h3-7,13H,1-2H3,(H,12,14). The average molecular weight is 277 g/mol. The lowest BCUT2D eigenvalue weighted by atomic mass is 10.3. The minimum atomic E-state index is -3.33. The minimum Gasteiger partial charge on any atom is -0.325 e. The predicted molar refractivity (Wildman–Crippen MR) is 68.9 cm³/mol. The highest BCUT2D eigenvalue weighted by atomic mass is 35.5. The van der Waals surface area contributed by atoms with E-state index in [1.807, 2.05) is 0 Å². The van der Waals surface area contributed by atoms with Crippen LogP contribution >= 0.6 is 11.6 Å². The van der Waals surface area contributed by atoms with Gasteiger partial charge in [0.1, 0.15) is 5.38 Å². The molecule has 0 saturated carbocycles. The van der Waals surface area contributed by atoms with Crippen LogP contribution < -0.4 is 10.0 Å². The molecule has 0 saturated heterocycles. The maximum absolute atomic E-state index is 11.3. The van der Waals surface area contributed by atoms with E-state index >= 15 is 0 Å². The van der Waals surface area contributed by atoms with E-state index in [1.54, 1.807) is 25.1 Å². The van der Waals surface area contributed by atoms with E-state index in [9.17, 15) is 13.2 Å². The Bertz CT molecular complexity index is 514. The van der Waals surface area contributed by atoms with Gasteiger partial charge in [0.05, 0.1) is 11.9 Å². The first kappa shape index (κ1) is 13.8. The number of hydrogen-bond donors (Lipinski definition) is 2. The van der Waals surface area contributed by atoms with Crippen molar-refractivity contribution in [2.45, 2.75) is 12.3 Å². The molecule has 0 aliphatic rings. The van der Waals surface area contributed by atoms with Crippen molar-refractivity contribution in [3.8, 4) is 0 Å². The van der Waals surface area contributed by atoms with Crippen LogP contribution in [-0.2, 0) is 14.8 Å². The number of rotatable bonds is 4. The molecule has 1 unspecified atom stereocenters. The molecule has 0 heterocycles. The van der Waals surface area contributed by atoms with Crippen LogP contribution in [0.15, 0.2) is 24.3 Å². The lowest BCUT2D eigenvalue weighted by Crippen LogP contribution is -2.20. The molecule has 0 radical (unpaired) electrons. The summed E-state index contributed by atoms with van der Waals surface area (Å²) in [6.07, 6.45) is 1.05. The number of benzene rings is 1. The highest BCUT2D eigenvalue weighted by Gasteiger charge is 2.09. The normalized spacial score (nSPS) is 12.9. The van der Waals surface area contributed by atoms with Crippen LogP contribution in [0.2, 0.25) is 0 Å². The first-order chi connectivity index (χ1) is 7.78. The molecule has 0 aliphatic carbocycles. The van der Waals surface area contributed by atoms with Gasteiger partial charge in [-0.2, -0.15) is 0 Å². The predicted octanol–water partition coefficient (Wildman–Crippen LogP) is 1.62. The summed E-state index contributed by atoms with van der Waals surface area (Å²) in [6.45, 7) is 1.55. The molecule has 1 aromatic rings. The van der Waals surface area contributed by atoms with E-state index in [1.165, 1.54) is 6.07 Å². The van der Waals surface area contributed by atoms with Crippen molar-refractivity contribution in [1.29, 1.82) is 0 Å². The Balaban J connectivity index is 2.83. The molecule has 0 bridgehead atoms. The Kier molecular flexibility index (Phi) is 4.36.